The molecule has 0 spiro atoms. The molecule has 1 unspecified atom stereocenters. The highest BCUT2D eigenvalue weighted by molar-refractivity contribution is 5.26. The van der Waals surface area contributed by atoms with E-state index in [-0.39, 0.29) is 11.9 Å². The normalized spacial score (nSPS) is 12.1. The topological polar surface area (TPSA) is 38.0 Å². The Hall–Kier alpha value is -1.37. The van der Waals surface area contributed by atoms with Gasteiger partial charge in [0, 0.05) is 25.6 Å². The van der Waals surface area contributed by atoms with E-state index < -0.39 is 0 Å². The number of terminal acetylenes is 1. The first-order valence-electron chi connectivity index (χ1n) is 5.32. The number of nitrogens with one attached hydrogen (secondary N) is 1. The molecular formula is C13H17FN2. The predicted octanol–water partition coefficient (Wildman–Crippen LogP) is 1.75. The van der Waals surface area contributed by atoms with Crippen LogP contribution in [-0.4, -0.2) is 13.1 Å². The van der Waals surface area contributed by atoms with Crippen molar-refractivity contribution >= 4 is 0 Å². The van der Waals surface area contributed by atoms with Crippen molar-refractivity contribution in [2.75, 3.05) is 13.1 Å². The molecule has 0 fully saturated rings. The minimum Gasteiger partial charge on any atom is -0.329 e. The zero-order valence-corrected chi connectivity index (χ0v) is 9.46. The van der Waals surface area contributed by atoms with Crippen molar-refractivity contribution in [1.29, 1.82) is 0 Å². The van der Waals surface area contributed by atoms with Gasteiger partial charge in [0.2, 0.25) is 0 Å². The van der Waals surface area contributed by atoms with Crippen molar-refractivity contribution in [3.05, 3.63) is 35.1 Å². The monoisotopic (exact) mass is 220 g/mol. The number of hydrogen-bond acceptors (Lipinski definition) is 2. The molecular weight excluding hydrogens is 203 g/mol. The fourth-order valence-corrected chi connectivity index (χ4v) is 1.54. The third-order valence-electron chi connectivity index (χ3n) is 2.48. The summed E-state index contributed by atoms with van der Waals surface area (Å²) in [6.07, 6.45) is 5.83. The van der Waals surface area contributed by atoms with E-state index in [1.165, 1.54) is 6.07 Å². The first-order chi connectivity index (χ1) is 7.69. The molecule has 0 aliphatic heterocycles. The molecule has 0 aliphatic carbocycles. The zero-order valence-electron chi connectivity index (χ0n) is 9.46. The van der Waals surface area contributed by atoms with Crippen LogP contribution in [0.2, 0.25) is 0 Å². The Morgan fingerprint density at radius 3 is 2.88 bits per heavy atom. The molecule has 1 aromatic carbocycles. The van der Waals surface area contributed by atoms with Crippen LogP contribution in [0.15, 0.2) is 18.2 Å². The Bertz CT molecular complexity index is 382. The molecule has 0 saturated heterocycles. The Balaban J connectivity index is 2.71. The van der Waals surface area contributed by atoms with Gasteiger partial charge >= 0.3 is 0 Å². The van der Waals surface area contributed by atoms with Gasteiger partial charge in [0.1, 0.15) is 5.82 Å². The van der Waals surface area contributed by atoms with Gasteiger partial charge < -0.3 is 11.1 Å². The van der Waals surface area contributed by atoms with E-state index in [1.807, 2.05) is 6.07 Å². The lowest BCUT2D eigenvalue weighted by Crippen LogP contribution is -2.29. The Labute approximate surface area is 96.0 Å². The molecule has 0 amide bonds. The third-order valence-corrected chi connectivity index (χ3v) is 2.48. The molecule has 1 rings (SSSR count). The molecule has 2 nitrogen and oxygen atoms in total. The van der Waals surface area contributed by atoms with Crippen LogP contribution >= 0.6 is 0 Å². The quantitative estimate of drug-likeness (QED) is 0.586. The maximum Gasteiger partial charge on any atom is 0.126 e. The zero-order chi connectivity index (χ0) is 12.0. The van der Waals surface area contributed by atoms with Gasteiger partial charge in [-0.2, -0.15) is 0 Å². The summed E-state index contributed by atoms with van der Waals surface area (Å²) >= 11 is 0. The summed E-state index contributed by atoms with van der Waals surface area (Å²) in [4.78, 5) is 0. The minimum absolute atomic E-state index is 0.0349. The molecule has 0 radical (unpaired) electrons. The number of benzene rings is 1. The van der Waals surface area contributed by atoms with E-state index in [9.17, 15) is 4.39 Å². The highest BCUT2D eigenvalue weighted by atomic mass is 19.1. The fraction of sp³-hybridized carbons (Fsp3) is 0.385. The Morgan fingerprint density at radius 1 is 1.56 bits per heavy atom. The van der Waals surface area contributed by atoms with Crippen LogP contribution in [0.25, 0.3) is 0 Å². The molecule has 3 N–H and O–H groups in total. The van der Waals surface area contributed by atoms with E-state index >= 15 is 0 Å². The van der Waals surface area contributed by atoms with E-state index in [2.05, 4.69) is 11.2 Å². The molecule has 1 atom stereocenters. The lowest BCUT2D eigenvalue weighted by atomic mass is 10.0. The van der Waals surface area contributed by atoms with E-state index in [0.717, 1.165) is 12.1 Å². The van der Waals surface area contributed by atoms with Gasteiger partial charge in [0.05, 0.1) is 0 Å². The van der Waals surface area contributed by atoms with E-state index in [4.69, 9.17) is 12.2 Å². The average molecular weight is 220 g/mol. The highest BCUT2D eigenvalue weighted by Crippen LogP contribution is 2.15. The molecule has 0 aliphatic rings. The maximum absolute atomic E-state index is 13.1. The molecule has 16 heavy (non-hydrogen) atoms. The van der Waals surface area contributed by atoms with Gasteiger partial charge in [-0.15, -0.1) is 12.3 Å². The summed E-state index contributed by atoms with van der Waals surface area (Å²) in [6, 6.07) is 5.07. The van der Waals surface area contributed by atoms with E-state index in [1.54, 1.807) is 13.0 Å². The summed E-state index contributed by atoms with van der Waals surface area (Å²) in [6.45, 7) is 2.93. The van der Waals surface area contributed by atoms with Gasteiger partial charge in [-0.3, -0.25) is 0 Å². The average Bonchev–Trinajstić information content (AvgIpc) is 2.29. The van der Waals surface area contributed by atoms with Gasteiger partial charge in [0.15, 0.2) is 0 Å². The van der Waals surface area contributed by atoms with Gasteiger partial charge in [0.25, 0.3) is 0 Å². The van der Waals surface area contributed by atoms with Crippen LogP contribution in [0.5, 0.6) is 0 Å². The summed E-state index contributed by atoms with van der Waals surface area (Å²) in [5.74, 6) is 2.36. The second-order valence-electron chi connectivity index (χ2n) is 3.71. The fourth-order valence-electron chi connectivity index (χ4n) is 1.54. The molecule has 0 heterocycles. The Kier molecular flexibility index (Phi) is 4.97. The summed E-state index contributed by atoms with van der Waals surface area (Å²) in [5, 5.41) is 3.24. The lowest BCUT2D eigenvalue weighted by Gasteiger charge is -2.17. The summed E-state index contributed by atoms with van der Waals surface area (Å²) in [5.41, 5.74) is 7.30. The van der Waals surface area contributed by atoms with Gasteiger partial charge in [-0.05, 0) is 24.1 Å². The van der Waals surface area contributed by atoms with Crippen LogP contribution in [-0.2, 0) is 0 Å². The third kappa shape index (κ3) is 3.34. The van der Waals surface area contributed by atoms with Crippen LogP contribution < -0.4 is 11.1 Å². The van der Waals surface area contributed by atoms with Crippen LogP contribution in [0.3, 0.4) is 0 Å². The minimum atomic E-state index is -0.192. The van der Waals surface area contributed by atoms with Crippen molar-refractivity contribution in [3.8, 4) is 12.3 Å². The van der Waals surface area contributed by atoms with E-state index in [0.29, 0.717) is 18.5 Å². The second kappa shape index (κ2) is 6.26. The molecule has 0 aromatic heterocycles. The first-order valence-corrected chi connectivity index (χ1v) is 5.32. The highest BCUT2D eigenvalue weighted by Gasteiger charge is 2.09. The Morgan fingerprint density at radius 2 is 2.31 bits per heavy atom. The van der Waals surface area contributed by atoms with Gasteiger partial charge in [-0.25, -0.2) is 4.39 Å². The number of nitrogens with two attached hydrogens (primary N) is 1. The lowest BCUT2D eigenvalue weighted by molar-refractivity contribution is 0.547. The smallest absolute Gasteiger partial charge is 0.126 e. The van der Waals surface area contributed by atoms with Crippen LogP contribution in [0, 0.1) is 25.1 Å². The van der Waals surface area contributed by atoms with Crippen LogP contribution in [0.1, 0.15) is 23.6 Å². The number of aryl methyl sites for hydroxylation is 1. The first kappa shape index (κ1) is 12.7. The number of rotatable bonds is 5. The van der Waals surface area contributed by atoms with Gasteiger partial charge in [-0.1, -0.05) is 12.1 Å². The standard InChI is InChI=1S/C13H17FN2/c1-3-4-7-16-13(9-15)11-5-6-12(14)10(2)8-11/h1,5-6,8,13,16H,4,7,9,15H2,2H3. The maximum atomic E-state index is 13.1. The predicted molar refractivity (Wildman–Crippen MR) is 64.4 cm³/mol. The number of halogens is 1. The number of hydrogen-bond donors (Lipinski definition) is 2. The molecule has 1 aromatic rings. The molecule has 86 valence electrons. The largest absolute Gasteiger partial charge is 0.329 e. The molecule has 0 bridgehead atoms. The summed E-state index contributed by atoms with van der Waals surface area (Å²) in [7, 11) is 0. The second-order valence-corrected chi connectivity index (χ2v) is 3.71. The molecule has 0 saturated carbocycles. The van der Waals surface area contributed by atoms with Crippen molar-refractivity contribution in [3.63, 3.8) is 0 Å². The van der Waals surface area contributed by atoms with Crippen molar-refractivity contribution in [1.82, 2.24) is 5.32 Å². The van der Waals surface area contributed by atoms with Crippen molar-refractivity contribution < 1.29 is 4.39 Å². The SMILES string of the molecule is C#CCCNC(CN)c1ccc(F)c(C)c1. The van der Waals surface area contributed by atoms with Crippen molar-refractivity contribution in [2.24, 2.45) is 5.73 Å². The van der Waals surface area contributed by atoms with Crippen LogP contribution in [0.4, 0.5) is 4.39 Å². The van der Waals surface area contributed by atoms with Crippen molar-refractivity contribution in [2.45, 2.75) is 19.4 Å². The summed E-state index contributed by atoms with van der Waals surface area (Å²) < 4.78 is 13.1. The molecule has 3 heteroatoms.